The van der Waals surface area contributed by atoms with Crippen LogP contribution in [0.3, 0.4) is 0 Å². The molecule has 2 saturated heterocycles. The molecule has 0 aliphatic carbocycles. The number of anilines is 2. The van der Waals surface area contributed by atoms with E-state index in [9.17, 15) is 9.90 Å². The van der Waals surface area contributed by atoms with Crippen molar-refractivity contribution in [2.45, 2.75) is 32.0 Å². The van der Waals surface area contributed by atoms with Gasteiger partial charge in [0.2, 0.25) is 5.95 Å². The van der Waals surface area contributed by atoms with E-state index in [1.807, 2.05) is 0 Å². The number of hydrogen-bond acceptors (Lipinski definition) is 9. The minimum Gasteiger partial charge on any atom is -0.390 e. The molecule has 1 aromatic carbocycles. The molecule has 3 aliphatic rings. The van der Waals surface area contributed by atoms with Gasteiger partial charge in [-0.05, 0) is 24.1 Å². The Bertz CT molecular complexity index is 1040. The average Bonchev–Trinajstić information content (AvgIpc) is 2.89. The monoisotopic (exact) mass is 494 g/mol. The summed E-state index contributed by atoms with van der Waals surface area (Å²) < 4.78 is 0. The molecule has 194 valence electrons. The smallest absolute Gasteiger partial charge is 0.270 e. The van der Waals surface area contributed by atoms with E-state index in [1.165, 1.54) is 11.1 Å². The zero-order valence-corrected chi connectivity index (χ0v) is 21.1. The fourth-order valence-electron chi connectivity index (χ4n) is 5.00. The lowest BCUT2D eigenvalue weighted by Crippen LogP contribution is -2.51. The second kappa shape index (κ2) is 11.5. The number of fused-ring (bicyclic) bond motifs is 1. The van der Waals surface area contributed by atoms with E-state index in [4.69, 9.17) is 4.98 Å². The number of aliphatic hydroxyl groups excluding tert-OH is 1. The van der Waals surface area contributed by atoms with Crippen LogP contribution in [0.5, 0.6) is 0 Å². The normalized spacial score (nSPS) is 19.9. The zero-order valence-electron chi connectivity index (χ0n) is 21.1. The number of carbonyl (C=O) groups excluding carboxylic acids is 1. The van der Waals surface area contributed by atoms with Crippen molar-refractivity contribution in [3.63, 3.8) is 0 Å². The van der Waals surface area contributed by atoms with Gasteiger partial charge in [-0.1, -0.05) is 31.2 Å². The zero-order chi connectivity index (χ0) is 24.9. The van der Waals surface area contributed by atoms with E-state index in [2.05, 4.69) is 66.8 Å². The molecule has 0 saturated carbocycles. The topological polar surface area (TPSA) is 109 Å². The van der Waals surface area contributed by atoms with E-state index < -0.39 is 6.10 Å². The number of piperazine rings is 1. The van der Waals surface area contributed by atoms with E-state index in [0.717, 1.165) is 65.3 Å². The summed E-state index contributed by atoms with van der Waals surface area (Å²) in [6.07, 6.45) is 0.332. The molecular weight excluding hydrogens is 456 g/mol. The van der Waals surface area contributed by atoms with Crippen molar-refractivity contribution in [1.29, 1.82) is 0 Å². The van der Waals surface area contributed by atoms with E-state index in [0.29, 0.717) is 30.0 Å². The Morgan fingerprint density at radius 2 is 1.89 bits per heavy atom. The van der Waals surface area contributed by atoms with Crippen LogP contribution in [-0.4, -0.2) is 108 Å². The molecule has 1 atom stereocenters. The minimum atomic E-state index is -0.652. The van der Waals surface area contributed by atoms with Gasteiger partial charge in [0.05, 0.1) is 12.1 Å². The summed E-state index contributed by atoms with van der Waals surface area (Å²) in [4.78, 5) is 29.2. The summed E-state index contributed by atoms with van der Waals surface area (Å²) in [7, 11) is 0. The lowest BCUT2D eigenvalue weighted by molar-refractivity contribution is 0.0838. The summed E-state index contributed by atoms with van der Waals surface area (Å²) in [5, 5.41) is 20.2. The van der Waals surface area contributed by atoms with Gasteiger partial charge in [-0.2, -0.15) is 4.98 Å². The third-order valence-corrected chi connectivity index (χ3v) is 7.36. The molecule has 1 unspecified atom stereocenters. The molecular formula is C26H38N8O2. The Labute approximate surface area is 213 Å². The van der Waals surface area contributed by atoms with Gasteiger partial charge in [0.25, 0.3) is 5.91 Å². The maximum atomic E-state index is 13.1. The number of nitrogens with one attached hydrogen (secondary N) is 3. The third kappa shape index (κ3) is 6.12. The van der Waals surface area contributed by atoms with Crippen LogP contribution < -0.4 is 20.9 Å². The Balaban J connectivity index is 1.20. The predicted molar refractivity (Wildman–Crippen MR) is 140 cm³/mol. The first-order chi connectivity index (χ1) is 17.6. The number of likely N-dealkylation sites (N-methyl/N-ethyl adjacent to an activating group) is 1. The van der Waals surface area contributed by atoms with Crippen LogP contribution in [-0.2, 0) is 13.0 Å². The van der Waals surface area contributed by atoms with Crippen LogP contribution in [0.15, 0.2) is 30.3 Å². The van der Waals surface area contributed by atoms with Crippen LogP contribution >= 0.6 is 0 Å². The number of benzene rings is 1. The van der Waals surface area contributed by atoms with Gasteiger partial charge < -0.3 is 30.9 Å². The molecule has 4 N–H and O–H groups in total. The molecule has 0 radical (unpaired) electrons. The number of aromatic nitrogens is 2. The summed E-state index contributed by atoms with van der Waals surface area (Å²) in [5.74, 6) is 0.964. The van der Waals surface area contributed by atoms with Crippen LogP contribution in [0.1, 0.15) is 28.5 Å². The first-order valence-electron chi connectivity index (χ1n) is 13.2. The first kappa shape index (κ1) is 24.9. The lowest BCUT2D eigenvalue weighted by atomic mass is 10.00. The van der Waals surface area contributed by atoms with Crippen molar-refractivity contribution in [2.24, 2.45) is 0 Å². The van der Waals surface area contributed by atoms with Crippen molar-refractivity contribution in [2.75, 3.05) is 75.7 Å². The SMILES string of the molecule is CCN1CCN(c2nc(NC3CNC3)cc(C(=O)NCC(O)CN3CCc4ccccc4C3)n2)CC1. The second-order valence-corrected chi connectivity index (χ2v) is 9.98. The van der Waals surface area contributed by atoms with Crippen LogP contribution in [0.4, 0.5) is 11.8 Å². The average molecular weight is 495 g/mol. The molecule has 3 aliphatic heterocycles. The van der Waals surface area contributed by atoms with E-state index in [1.54, 1.807) is 6.07 Å². The number of amides is 1. The fourth-order valence-corrected chi connectivity index (χ4v) is 5.00. The first-order valence-corrected chi connectivity index (χ1v) is 13.2. The van der Waals surface area contributed by atoms with Crippen LogP contribution in [0, 0.1) is 0 Å². The minimum absolute atomic E-state index is 0.181. The lowest BCUT2D eigenvalue weighted by Gasteiger charge is -2.34. The van der Waals surface area contributed by atoms with Gasteiger partial charge in [0, 0.05) is 71.5 Å². The standard InChI is InChI=1S/C26H38N8O2/c1-2-32-9-11-34(12-10-32)26-30-23(13-24(31-26)29-21-14-27-15-21)25(36)28-16-22(35)18-33-8-7-19-5-3-4-6-20(19)17-33/h3-6,13,21-22,27,35H,2,7-12,14-18H2,1H3,(H,28,36)(H,29,30,31). The van der Waals surface area contributed by atoms with Gasteiger partial charge in [-0.25, -0.2) is 4.98 Å². The summed E-state index contributed by atoms with van der Waals surface area (Å²) >= 11 is 0. The van der Waals surface area contributed by atoms with E-state index >= 15 is 0 Å². The number of nitrogens with zero attached hydrogens (tertiary/aromatic N) is 5. The van der Waals surface area contributed by atoms with Gasteiger partial charge in [-0.3, -0.25) is 9.69 Å². The van der Waals surface area contributed by atoms with Crippen molar-refractivity contribution in [3.8, 4) is 0 Å². The number of carbonyl (C=O) groups is 1. The molecule has 10 nitrogen and oxygen atoms in total. The molecule has 1 aromatic heterocycles. The molecule has 2 fully saturated rings. The van der Waals surface area contributed by atoms with Gasteiger partial charge in [-0.15, -0.1) is 0 Å². The maximum Gasteiger partial charge on any atom is 0.270 e. The Morgan fingerprint density at radius 1 is 1.11 bits per heavy atom. The number of β-amino-alcohol motifs (C(OH)–C–C–N with tert-alkyl or cyclic N) is 1. The summed E-state index contributed by atoms with van der Waals surface area (Å²) in [6, 6.07) is 10.5. The van der Waals surface area contributed by atoms with Crippen LogP contribution in [0.25, 0.3) is 0 Å². The molecule has 0 spiro atoms. The molecule has 36 heavy (non-hydrogen) atoms. The number of aliphatic hydroxyl groups is 1. The van der Waals surface area contributed by atoms with Gasteiger partial charge in [0.15, 0.2) is 0 Å². The molecule has 2 aromatic rings. The Kier molecular flexibility index (Phi) is 7.96. The van der Waals surface area contributed by atoms with Crippen molar-refractivity contribution in [1.82, 2.24) is 30.4 Å². The molecule has 10 heteroatoms. The molecule has 5 rings (SSSR count). The number of rotatable bonds is 9. The van der Waals surface area contributed by atoms with Crippen molar-refractivity contribution >= 4 is 17.7 Å². The van der Waals surface area contributed by atoms with Crippen LogP contribution in [0.2, 0.25) is 0 Å². The summed E-state index contributed by atoms with van der Waals surface area (Å²) in [5.41, 5.74) is 3.02. The molecule has 1 amide bonds. The fraction of sp³-hybridized carbons (Fsp3) is 0.577. The molecule has 0 bridgehead atoms. The quantitative estimate of drug-likeness (QED) is 0.387. The Morgan fingerprint density at radius 3 is 2.61 bits per heavy atom. The maximum absolute atomic E-state index is 13.1. The largest absolute Gasteiger partial charge is 0.390 e. The number of hydrogen-bond donors (Lipinski definition) is 4. The highest BCUT2D eigenvalue weighted by atomic mass is 16.3. The summed E-state index contributed by atoms with van der Waals surface area (Å²) in [6.45, 7) is 11.0. The van der Waals surface area contributed by atoms with Crippen molar-refractivity contribution < 1.29 is 9.90 Å². The second-order valence-electron chi connectivity index (χ2n) is 9.98. The molecule has 4 heterocycles. The third-order valence-electron chi connectivity index (χ3n) is 7.36. The van der Waals surface area contributed by atoms with Gasteiger partial charge in [0.1, 0.15) is 11.5 Å². The van der Waals surface area contributed by atoms with E-state index in [-0.39, 0.29) is 12.5 Å². The highest BCUT2D eigenvalue weighted by Crippen LogP contribution is 2.19. The Hall–Kier alpha value is -2.79. The van der Waals surface area contributed by atoms with Crippen molar-refractivity contribution in [3.05, 3.63) is 47.2 Å². The van der Waals surface area contributed by atoms with Gasteiger partial charge >= 0.3 is 0 Å². The predicted octanol–water partition coefficient (Wildman–Crippen LogP) is 0.151. The highest BCUT2D eigenvalue weighted by Gasteiger charge is 2.24. The highest BCUT2D eigenvalue weighted by molar-refractivity contribution is 5.93.